The highest BCUT2D eigenvalue weighted by atomic mass is 32.2. The van der Waals surface area contributed by atoms with Crippen molar-refractivity contribution >= 4 is 21.6 Å². The molecule has 1 aromatic rings. The first kappa shape index (κ1) is 18.9. The molecule has 24 heavy (non-hydrogen) atoms. The van der Waals surface area contributed by atoms with Gasteiger partial charge in [-0.05, 0) is 30.5 Å². The highest BCUT2D eigenvalue weighted by Crippen LogP contribution is 2.19. The molecule has 1 aliphatic heterocycles. The van der Waals surface area contributed by atoms with E-state index in [1.807, 2.05) is 31.2 Å². The molecular weight excluding hydrogens is 328 g/mol. The van der Waals surface area contributed by atoms with E-state index >= 15 is 0 Å². The minimum Gasteiger partial charge on any atom is -0.365 e. The molecule has 0 aliphatic carbocycles. The van der Waals surface area contributed by atoms with Gasteiger partial charge in [0, 0.05) is 12.2 Å². The molecule has 1 atom stereocenters. The quantitative estimate of drug-likeness (QED) is 0.771. The van der Waals surface area contributed by atoms with Gasteiger partial charge < -0.3 is 9.64 Å². The van der Waals surface area contributed by atoms with Gasteiger partial charge in [-0.2, -0.15) is 0 Å². The zero-order chi connectivity index (χ0) is 17.6. The van der Waals surface area contributed by atoms with Crippen molar-refractivity contribution in [3.05, 3.63) is 29.8 Å². The summed E-state index contributed by atoms with van der Waals surface area (Å²) in [6.07, 6.45) is 2.07. The second-order valence-electron chi connectivity index (χ2n) is 5.98. The number of aryl methyl sites for hydroxylation is 1. The van der Waals surface area contributed by atoms with E-state index in [2.05, 4.69) is 11.6 Å². The topological polar surface area (TPSA) is 75.7 Å². The molecule has 6 nitrogen and oxygen atoms in total. The van der Waals surface area contributed by atoms with Crippen LogP contribution in [0.3, 0.4) is 0 Å². The lowest BCUT2D eigenvalue weighted by atomic mass is 10.1. The predicted octanol–water partition coefficient (Wildman–Crippen LogP) is 1.70. The Bertz CT molecular complexity index is 643. The molecule has 1 N–H and O–H groups in total. The van der Waals surface area contributed by atoms with Crippen molar-refractivity contribution in [2.24, 2.45) is 0 Å². The molecule has 1 aromatic carbocycles. The molecule has 0 radical (unpaired) electrons. The summed E-state index contributed by atoms with van der Waals surface area (Å²) in [6.45, 7) is 4.53. The van der Waals surface area contributed by atoms with Gasteiger partial charge >= 0.3 is 0 Å². The van der Waals surface area contributed by atoms with Crippen molar-refractivity contribution in [2.75, 3.05) is 30.3 Å². The molecule has 7 heteroatoms. The van der Waals surface area contributed by atoms with Gasteiger partial charge in [0.15, 0.2) is 0 Å². The van der Waals surface area contributed by atoms with Crippen LogP contribution in [0, 0.1) is 0 Å². The van der Waals surface area contributed by atoms with Gasteiger partial charge in [-0.15, -0.1) is 0 Å². The van der Waals surface area contributed by atoms with Crippen LogP contribution in [-0.2, 0) is 26.0 Å². The van der Waals surface area contributed by atoms with E-state index < -0.39 is 10.0 Å². The van der Waals surface area contributed by atoms with Crippen molar-refractivity contribution < 1.29 is 17.9 Å². The summed E-state index contributed by atoms with van der Waals surface area (Å²) in [5.41, 5.74) is 2.03. The van der Waals surface area contributed by atoms with Gasteiger partial charge in [-0.1, -0.05) is 32.4 Å². The van der Waals surface area contributed by atoms with Gasteiger partial charge in [-0.25, -0.2) is 13.1 Å². The summed E-state index contributed by atoms with van der Waals surface area (Å²) in [5.74, 6) is 0.0153. The Kier molecular flexibility index (Phi) is 6.77. The first-order chi connectivity index (χ1) is 11.4. The summed E-state index contributed by atoms with van der Waals surface area (Å²) in [6, 6.07) is 7.84. The molecule has 1 amide bonds. The zero-order valence-electron chi connectivity index (χ0n) is 14.3. The smallest absolute Gasteiger partial charge is 0.253 e. The minimum atomic E-state index is -3.28. The van der Waals surface area contributed by atoms with Crippen molar-refractivity contribution in [3.8, 4) is 0 Å². The summed E-state index contributed by atoms with van der Waals surface area (Å²) in [4.78, 5) is 13.8. The van der Waals surface area contributed by atoms with Gasteiger partial charge in [0.05, 0.1) is 18.4 Å². The SMILES string of the molecule is CCCCS(=O)(=O)NCC1CN(c2ccc(CC)cc2)C(=O)CO1. The van der Waals surface area contributed by atoms with Crippen LogP contribution >= 0.6 is 0 Å². The zero-order valence-corrected chi connectivity index (χ0v) is 15.1. The number of hydrogen-bond donors (Lipinski definition) is 1. The van der Waals surface area contributed by atoms with E-state index in [-0.39, 0.29) is 30.9 Å². The first-order valence-corrected chi connectivity index (χ1v) is 10.1. The number of ether oxygens (including phenoxy) is 1. The summed E-state index contributed by atoms with van der Waals surface area (Å²) >= 11 is 0. The van der Waals surface area contributed by atoms with E-state index in [0.717, 1.165) is 18.5 Å². The maximum atomic E-state index is 12.1. The highest BCUT2D eigenvalue weighted by molar-refractivity contribution is 7.89. The van der Waals surface area contributed by atoms with Crippen molar-refractivity contribution in [1.82, 2.24) is 4.72 Å². The fourth-order valence-electron chi connectivity index (χ4n) is 2.54. The lowest BCUT2D eigenvalue weighted by Gasteiger charge is -2.33. The van der Waals surface area contributed by atoms with Gasteiger partial charge in [0.1, 0.15) is 6.61 Å². The van der Waals surface area contributed by atoms with Gasteiger partial charge in [0.25, 0.3) is 5.91 Å². The highest BCUT2D eigenvalue weighted by Gasteiger charge is 2.28. The average molecular weight is 354 g/mol. The molecule has 1 fully saturated rings. The van der Waals surface area contributed by atoms with Gasteiger partial charge in [-0.3, -0.25) is 4.79 Å². The lowest BCUT2D eigenvalue weighted by molar-refractivity contribution is -0.129. The molecule has 0 saturated carbocycles. The summed E-state index contributed by atoms with van der Waals surface area (Å²) in [7, 11) is -3.28. The number of nitrogens with zero attached hydrogens (tertiary/aromatic N) is 1. The monoisotopic (exact) mass is 354 g/mol. The Hall–Kier alpha value is -1.44. The molecule has 0 aromatic heterocycles. The number of sulfonamides is 1. The third-order valence-corrected chi connectivity index (χ3v) is 5.52. The Balaban J connectivity index is 1.96. The largest absolute Gasteiger partial charge is 0.365 e. The van der Waals surface area contributed by atoms with Crippen LogP contribution in [0.1, 0.15) is 32.3 Å². The van der Waals surface area contributed by atoms with Crippen LogP contribution in [0.25, 0.3) is 0 Å². The third kappa shape index (κ3) is 5.29. The van der Waals surface area contributed by atoms with Crippen LogP contribution in [0.5, 0.6) is 0 Å². The average Bonchev–Trinajstić information content (AvgIpc) is 2.59. The summed E-state index contributed by atoms with van der Waals surface area (Å²) < 4.78 is 31.8. The fraction of sp³-hybridized carbons (Fsp3) is 0.588. The molecular formula is C17H26N2O4S. The number of amides is 1. The van der Waals surface area contributed by atoms with E-state index in [1.54, 1.807) is 4.90 Å². The Morgan fingerprint density at radius 1 is 1.25 bits per heavy atom. The Morgan fingerprint density at radius 2 is 1.96 bits per heavy atom. The molecule has 1 aliphatic rings. The number of carbonyl (C=O) groups is 1. The number of benzene rings is 1. The van der Waals surface area contributed by atoms with E-state index in [9.17, 15) is 13.2 Å². The van der Waals surface area contributed by atoms with E-state index in [0.29, 0.717) is 13.0 Å². The maximum absolute atomic E-state index is 12.1. The number of hydrogen-bond acceptors (Lipinski definition) is 4. The van der Waals surface area contributed by atoms with Crippen LogP contribution in [-0.4, -0.2) is 45.9 Å². The first-order valence-electron chi connectivity index (χ1n) is 8.43. The number of unbranched alkanes of at least 4 members (excludes halogenated alkanes) is 1. The molecule has 134 valence electrons. The lowest BCUT2D eigenvalue weighted by Crippen LogP contribution is -2.50. The molecule has 1 saturated heterocycles. The van der Waals surface area contributed by atoms with E-state index in [1.165, 1.54) is 5.56 Å². The molecule has 1 heterocycles. The summed E-state index contributed by atoms with van der Waals surface area (Å²) in [5, 5.41) is 0. The van der Waals surface area contributed by atoms with Crippen LogP contribution < -0.4 is 9.62 Å². The second kappa shape index (κ2) is 8.60. The maximum Gasteiger partial charge on any atom is 0.253 e. The number of carbonyl (C=O) groups excluding carboxylic acids is 1. The Morgan fingerprint density at radius 3 is 2.58 bits per heavy atom. The van der Waals surface area contributed by atoms with Crippen molar-refractivity contribution in [3.63, 3.8) is 0 Å². The second-order valence-corrected chi connectivity index (χ2v) is 7.90. The number of nitrogens with one attached hydrogen (secondary N) is 1. The van der Waals surface area contributed by atoms with E-state index in [4.69, 9.17) is 4.74 Å². The van der Waals surface area contributed by atoms with Crippen LogP contribution in [0.15, 0.2) is 24.3 Å². The van der Waals surface area contributed by atoms with Crippen LogP contribution in [0.2, 0.25) is 0 Å². The van der Waals surface area contributed by atoms with Crippen molar-refractivity contribution in [2.45, 2.75) is 39.2 Å². The molecule has 1 unspecified atom stereocenters. The minimum absolute atomic E-state index is 0.0309. The molecule has 0 bridgehead atoms. The number of rotatable bonds is 8. The van der Waals surface area contributed by atoms with Crippen molar-refractivity contribution in [1.29, 1.82) is 0 Å². The van der Waals surface area contributed by atoms with Crippen LogP contribution in [0.4, 0.5) is 5.69 Å². The molecule has 0 spiro atoms. The number of morpholine rings is 1. The standard InChI is InChI=1S/C17H26N2O4S/c1-3-5-10-24(21,22)18-11-16-12-19(17(20)13-23-16)15-8-6-14(4-2)7-9-15/h6-9,16,18H,3-5,10-13H2,1-2H3. The Labute approximate surface area is 144 Å². The fourth-order valence-corrected chi connectivity index (χ4v) is 3.79. The van der Waals surface area contributed by atoms with Gasteiger partial charge in [0.2, 0.25) is 10.0 Å². The predicted molar refractivity (Wildman–Crippen MR) is 94.6 cm³/mol. The normalized spacial score (nSPS) is 18.8. The molecule has 2 rings (SSSR count). The number of anilines is 1. The third-order valence-electron chi connectivity index (χ3n) is 4.08.